The quantitative estimate of drug-likeness (QED) is 0.418. The van der Waals surface area contributed by atoms with E-state index in [1.54, 1.807) is 6.08 Å². The molecule has 0 saturated carbocycles. The fourth-order valence-corrected chi connectivity index (χ4v) is 0.969. The van der Waals surface area contributed by atoms with Gasteiger partial charge in [-0.05, 0) is 12.8 Å². The van der Waals surface area contributed by atoms with Gasteiger partial charge in [-0.2, -0.15) is 0 Å². The molecule has 2 heteroatoms. The molecule has 0 aromatic rings. The number of ether oxygens (including phenoxy) is 2. The van der Waals surface area contributed by atoms with Crippen LogP contribution in [-0.2, 0) is 9.47 Å². The molecule has 0 spiro atoms. The summed E-state index contributed by atoms with van der Waals surface area (Å²) in [6.07, 6.45) is 8.45. The topological polar surface area (TPSA) is 18.5 Å². The summed E-state index contributed by atoms with van der Waals surface area (Å²) in [5, 5.41) is 0. The predicted molar refractivity (Wildman–Crippen MR) is 60.2 cm³/mol. The van der Waals surface area contributed by atoms with Gasteiger partial charge in [0.1, 0.15) is 0 Å². The molecule has 0 N–H and O–H groups in total. The highest BCUT2D eigenvalue weighted by Gasteiger charge is 2.05. The number of rotatable bonds is 9. The molecule has 0 heterocycles. The monoisotopic (exact) mass is 198 g/mol. The van der Waals surface area contributed by atoms with Gasteiger partial charge in [0.2, 0.25) is 0 Å². The lowest BCUT2D eigenvalue weighted by Crippen LogP contribution is -2.17. The van der Waals surface area contributed by atoms with Crippen LogP contribution < -0.4 is 0 Å². The molecular weight excluding hydrogens is 176 g/mol. The van der Waals surface area contributed by atoms with Gasteiger partial charge in [-0.1, -0.05) is 38.7 Å². The summed E-state index contributed by atoms with van der Waals surface area (Å²) < 4.78 is 11.1. The first-order valence-electron chi connectivity index (χ1n) is 5.35. The van der Waals surface area contributed by atoms with Crippen LogP contribution in [0.2, 0.25) is 0 Å². The zero-order valence-electron chi connectivity index (χ0n) is 9.37. The van der Waals surface area contributed by atoms with E-state index in [0.29, 0.717) is 0 Å². The fraction of sp³-hybridized carbons (Fsp3) is 0.667. The van der Waals surface area contributed by atoms with Gasteiger partial charge < -0.3 is 9.47 Å². The van der Waals surface area contributed by atoms with Crippen molar-refractivity contribution in [3.05, 3.63) is 24.8 Å². The minimum Gasteiger partial charge on any atom is -0.352 e. The van der Waals surface area contributed by atoms with Crippen molar-refractivity contribution in [2.45, 2.75) is 39.4 Å². The molecular formula is C12H22O2. The van der Waals surface area contributed by atoms with E-state index in [4.69, 9.17) is 9.47 Å². The third-order valence-electron chi connectivity index (χ3n) is 1.62. The third kappa shape index (κ3) is 8.02. The Bertz CT molecular complexity index is 144. The number of hydrogen-bond acceptors (Lipinski definition) is 2. The van der Waals surface area contributed by atoms with Gasteiger partial charge in [0.15, 0.2) is 6.29 Å². The van der Waals surface area contributed by atoms with Crippen molar-refractivity contribution in [3.63, 3.8) is 0 Å². The molecule has 0 aliphatic rings. The van der Waals surface area contributed by atoms with Crippen LogP contribution >= 0.6 is 0 Å². The van der Waals surface area contributed by atoms with E-state index in [1.807, 2.05) is 12.2 Å². The molecule has 0 aliphatic heterocycles. The normalized spacial score (nSPS) is 11.4. The summed E-state index contributed by atoms with van der Waals surface area (Å²) in [4.78, 5) is 0. The summed E-state index contributed by atoms with van der Waals surface area (Å²) in [7, 11) is 0. The average molecular weight is 198 g/mol. The van der Waals surface area contributed by atoms with Gasteiger partial charge in [-0.15, -0.1) is 0 Å². The molecule has 0 bridgehead atoms. The van der Waals surface area contributed by atoms with Crippen molar-refractivity contribution in [1.82, 2.24) is 0 Å². The van der Waals surface area contributed by atoms with E-state index in [-0.39, 0.29) is 6.29 Å². The van der Waals surface area contributed by atoms with Crippen LogP contribution in [0.3, 0.4) is 0 Å². The number of hydrogen-bond donors (Lipinski definition) is 0. The number of allylic oxidation sites excluding steroid dienone is 2. The Kier molecular flexibility index (Phi) is 10.0. The van der Waals surface area contributed by atoms with E-state index in [0.717, 1.165) is 32.5 Å². The zero-order chi connectivity index (χ0) is 10.6. The maximum Gasteiger partial charge on any atom is 0.160 e. The van der Waals surface area contributed by atoms with Gasteiger partial charge in [-0.25, -0.2) is 0 Å². The highest BCUT2D eigenvalue weighted by molar-refractivity contribution is 4.97. The molecule has 0 aromatic heterocycles. The summed E-state index contributed by atoms with van der Waals surface area (Å²) in [5.74, 6) is 0. The molecule has 0 unspecified atom stereocenters. The Morgan fingerprint density at radius 1 is 1.14 bits per heavy atom. The molecule has 82 valence electrons. The van der Waals surface area contributed by atoms with E-state index >= 15 is 0 Å². The van der Waals surface area contributed by atoms with Gasteiger partial charge in [0.25, 0.3) is 0 Å². The average Bonchev–Trinajstić information content (AvgIpc) is 2.21. The maximum absolute atomic E-state index is 5.53. The molecule has 14 heavy (non-hydrogen) atoms. The second-order valence-corrected chi connectivity index (χ2v) is 3.07. The molecule has 0 amide bonds. The SMILES string of the molecule is C=C/C=C\CC(OCCC)OCCC. The Labute approximate surface area is 87.6 Å². The first-order valence-corrected chi connectivity index (χ1v) is 5.35. The van der Waals surface area contributed by atoms with Gasteiger partial charge in [-0.3, -0.25) is 0 Å². The molecule has 0 fully saturated rings. The standard InChI is InChI=1S/C12H22O2/c1-4-7-8-9-12(13-10-5-2)14-11-6-3/h4,7-8,12H,1,5-6,9-11H2,2-3H3/b8-7-. The lowest BCUT2D eigenvalue weighted by atomic mass is 10.3. The van der Waals surface area contributed by atoms with Crippen LogP contribution in [0, 0.1) is 0 Å². The maximum atomic E-state index is 5.53. The first-order chi connectivity index (χ1) is 6.85. The van der Waals surface area contributed by atoms with Gasteiger partial charge >= 0.3 is 0 Å². The highest BCUT2D eigenvalue weighted by Crippen LogP contribution is 2.04. The van der Waals surface area contributed by atoms with Crippen LogP contribution in [0.15, 0.2) is 24.8 Å². The molecule has 0 saturated heterocycles. The molecule has 0 atom stereocenters. The fourth-order valence-electron chi connectivity index (χ4n) is 0.969. The Morgan fingerprint density at radius 2 is 1.71 bits per heavy atom. The third-order valence-corrected chi connectivity index (χ3v) is 1.62. The molecule has 0 aromatic carbocycles. The van der Waals surface area contributed by atoms with Crippen LogP contribution in [0.1, 0.15) is 33.1 Å². The van der Waals surface area contributed by atoms with Gasteiger partial charge in [0.05, 0.1) is 0 Å². The van der Waals surface area contributed by atoms with Crippen molar-refractivity contribution in [2.75, 3.05) is 13.2 Å². The smallest absolute Gasteiger partial charge is 0.160 e. The first kappa shape index (κ1) is 13.4. The molecule has 2 nitrogen and oxygen atoms in total. The summed E-state index contributed by atoms with van der Waals surface area (Å²) in [5.41, 5.74) is 0. The summed E-state index contributed by atoms with van der Waals surface area (Å²) in [6.45, 7) is 9.32. The second-order valence-electron chi connectivity index (χ2n) is 3.07. The predicted octanol–water partition coefficient (Wildman–Crippen LogP) is 3.30. The second kappa shape index (κ2) is 10.5. The van der Waals surface area contributed by atoms with Crippen LogP contribution in [0.25, 0.3) is 0 Å². The van der Waals surface area contributed by atoms with E-state index < -0.39 is 0 Å². The van der Waals surface area contributed by atoms with Gasteiger partial charge in [0, 0.05) is 19.6 Å². The van der Waals surface area contributed by atoms with Crippen LogP contribution in [0.5, 0.6) is 0 Å². The van der Waals surface area contributed by atoms with E-state index in [1.165, 1.54) is 0 Å². The van der Waals surface area contributed by atoms with Crippen LogP contribution in [-0.4, -0.2) is 19.5 Å². The Hall–Kier alpha value is -0.600. The molecule has 0 aliphatic carbocycles. The summed E-state index contributed by atoms with van der Waals surface area (Å²) in [6, 6.07) is 0. The van der Waals surface area contributed by atoms with E-state index in [9.17, 15) is 0 Å². The lowest BCUT2D eigenvalue weighted by molar-refractivity contribution is -0.139. The lowest BCUT2D eigenvalue weighted by Gasteiger charge is -2.16. The zero-order valence-corrected chi connectivity index (χ0v) is 9.37. The van der Waals surface area contributed by atoms with Crippen molar-refractivity contribution >= 4 is 0 Å². The molecule has 0 radical (unpaired) electrons. The highest BCUT2D eigenvalue weighted by atomic mass is 16.7. The van der Waals surface area contributed by atoms with E-state index in [2.05, 4.69) is 20.4 Å². The largest absolute Gasteiger partial charge is 0.352 e. The van der Waals surface area contributed by atoms with Crippen molar-refractivity contribution in [3.8, 4) is 0 Å². The molecule has 0 rings (SSSR count). The van der Waals surface area contributed by atoms with Crippen molar-refractivity contribution < 1.29 is 9.47 Å². The Morgan fingerprint density at radius 3 is 2.14 bits per heavy atom. The van der Waals surface area contributed by atoms with Crippen LogP contribution in [0.4, 0.5) is 0 Å². The van der Waals surface area contributed by atoms with Crippen molar-refractivity contribution in [2.24, 2.45) is 0 Å². The summed E-state index contributed by atoms with van der Waals surface area (Å²) >= 11 is 0. The minimum atomic E-state index is -0.0916. The minimum absolute atomic E-state index is 0.0916. The van der Waals surface area contributed by atoms with Crippen molar-refractivity contribution in [1.29, 1.82) is 0 Å². The Balaban J connectivity index is 3.70.